The van der Waals surface area contributed by atoms with Crippen molar-refractivity contribution in [3.63, 3.8) is 0 Å². The fraction of sp³-hybridized carbons (Fsp3) is 1.00. The number of piperazine rings is 1. The van der Waals surface area contributed by atoms with Crippen LogP contribution in [-0.4, -0.2) is 47.1 Å². The summed E-state index contributed by atoms with van der Waals surface area (Å²) in [6.07, 6.45) is 2.85. The fourth-order valence-corrected chi connectivity index (χ4v) is 2.70. The van der Waals surface area contributed by atoms with Gasteiger partial charge in [0, 0.05) is 30.7 Å². The zero-order valence-electron chi connectivity index (χ0n) is 10.1. The molecular weight excluding hydrogens is 172 g/mol. The average molecular weight is 196 g/mol. The molecule has 0 bridgehead atoms. The van der Waals surface area contributed by atoms with Crippen LogP contribution in [0.25, 0.3) is 0 Å². The van der Waals surface area contributed by atoms with Crippen LogP contribution in [0.5, 0.6) is 0 Å². The van der Waals surface area contributed by atoms with Gasteiger partial charge in [-0.1, -0.05) is 6.92 Å². The third-order valence-electron chi connectivity index (χ3n) is 3.95. The minimum atomic E-state index is 0.357. The number of hydrogen-bond acceptors (Lipinski definition) is 2. The second kappa shape index (κ2) is 3.21. The zero-order chi connectivity index (χ0) is 10.4. The maximum atomic E-state index is 2.69. The Kier molecular flexibility index (Phi) is 2.39. The Balaban J connectivity index is 2.03. The summed E-state index contributed by atoms with van der Waals surface area (Å²) in [5.41, 5.74) is 0.940. The Morgan fingerprint density at radius 1 is 1.14 bits per heavy atom. The van der Waals surface area contributed by atoms with Gasteiger partial charge >= 0.3 is 0 Å². The summed E-state index contributed by atoms with van der Waals surface area (Å²) in [7, 11) is 0. The van der Waals surface area contributed by atoms with Crippen LogP contribution in [0.3, 0.4) is 0 Å². The van der Waals surface area contributed by atoms with E-state index in [-0.39, 0.29) is 0 Å². The van der Waals surface area contributed by atoms with Crippen molar-refractivity contribution in [3.8, 4) is 0 Å². The van der Waals surface area contributed by atoms with E-state index in [9.17, 15) is 0 Å². The smallest absolute Gasteiger partial charge is 0.0338 e. The Morgan fingerprint density at radius 2 is 1.79 bits per heavy atom. The van der Waals surface area contributed by atoms with E-state index in [1.807, 2.05) is 0 Å². The number of likely N-dealkylation sites (N-methyl/N-ethyl adjacent to an activating group) is 1. The lowest BCUT2D eigenvalue weighted by molar-refractivity contribution is 0.0130. The topological polar surface area (TPSA) is 6.48 Å². The minimum Gasteiger partial charge on any atom is -0.295 e. The molecule has 1 aliphatic heterocycles. The predicted molar refractivity (Wildman–Crippen MR) is 60.5 cm³/mol. The molecule has 1 saturated carbocycles. The maximum Gasteiger partial charge on any atom is 0.0338 e. The van der Waals surface area contributed by atoms with Gasteiger partial charge in [-0.25, -0.2) is 0 Å². The third kappa shape index (κ3) is 1.70. The highest BCUT2D eigenvalue weighted by atomic mass is 15.4. The monoisotopic (exact) mass is 196 g/mol. The molecule has 0 aromatic carbocycles. The molecule has 14 heavy (non-hydrogen) atoms. The zero-order valence-corrected chi connectivity index (χ0v) is 10.1. The molecule has 2 heteroatoms. The molecule has 0 unspecified atom stereocenters. The summed E-state index contributed by atoms with van der Waals surface area (Å²) in [6.45, 7) is 14.4. The molecule has 1 spiro atoms. The summed E-state index contributed by atoms with van der Waals surface area (Å²) in [5.74, 6) is 0. The van der Waals surface area contributed by atoms with E-state index in [1.165, 1.54) is 39.0 Å². The lowest BCUT2D eigenvalue weighted by atomic mass is 10.0. The van der Waals surface area contributed by atoms with Gasteiger partial charge in [0.05, 0.1) is 0 Å². The number of rotatable bonds is 1. The Bertz CT molecular complexity index is 213. The van der Waals surface area contributed by atoms with Crippen LogP contribution in [0, 0.1) is 0 Å². The van der Waals surface area contributed by atoms with Gasteiger partial charge in [-0.05, 0) is 40.2 Å². The first-order chi connectivity index (χ1) is 6.48. The van der Waals surface area contributed by atoms with Gasteiger partial charge in [0.2, 0.25) is 0 Å². The van der Waals surface area contributed by atoms with Crippen molar-refractivity contribution >= 4 is 0 Å². The van der Waals surface area contributed by atoms with Crippen molar-refractivity contribution < 1.29 is 0 Å². The highest BCUT2D eigenvalue weighted by Gasteiger charge is 2.51. The summed E-state index contributed by atoms with van der Waals surface area (Å²) in [6, 6.07) is 0. The maximum absolute atomic E-state index is 2.69. The van der Waals surface area contributed by atoms with E-state index in [0.717, 1.165) is 0 Å². The summed E-state index contributed by atoms with van der Waals surface area (Å²) in [4.78, 5) is 5.35. The molecule has 1 heterocycles. The number of nitrogens with zero attached hydrogens (tertiary/aromatic N) is 2. The molecule has 0 aromatic heterocycles. The second-order valence-corrected chi connectivity index (χ2v) is 5.90. The molecule has 2 aliphatic rings. The van der Waals surface area contributed by atoms with E-state index < -0.39 is 0 Å². The quantitative estimate of drug-likeness (QED) is 0.632. The third-order valence-corrected chi connectivity index (χ3v) is 3.95. The molecule has 2 nitrogen and oxygen atoms in total. The molecule has 1 saturated heterocycles. The van der Waals surface area contributed by atoms with Gasteiger partial charge in [0.15, 0.2) is 0 Å². The first-order valence-electron chi connectivity index (χ1n) is 5.98. The molecule has 1 aliphatic carbocycles. The summed E-state index contributed by atoms with van der Waals surface area (Å²) in [5, 5.41) is 0. The standard InChI is InChI=1S/C12H24N2/c1-5-13-8-9-14(11(2,3)4)10-12(13)6-7-12/h5-10H2,1-4H3. The molecule has 82 valence electrons. The Hall–Kier alpha value is -0.0800. The van der Waals surface area contributed by atoms with Gasteiger partial charge in [-0.3, -0.25) is 9.80 Å². The highest BCUT2D eigenvalue weighted by molar-refractivity contribution is 5.09. The summed E-state index contributed by atoms with van der Waals surface area (Å²) < 4.78 is 0. The van der Waals surface area contributed by atoms with Crippen LogP contribution in [0.1, 0.15) is 40.5 Å². The first-order valence-corrected chi connectivity index (χ1v) is 5.98. The van der Waals surface area contributed by atoms with Crippen molar-refractivity contribution in [3.05, 3.63) is 0 Å². The van der Waals surface area contributed by atoms with E-state index in [0.29, 0.717) is 11.1 Å². The predicted octanol–water partition coefficient (Wildman–Crippen LogP) is 1.95. The molecule has 2 fully saturated rings. The van der Waals surface area contributed by atoms with Crippen molar-refractivity contribution in [1.82, 2.24) is 9.80 Å². The van der Waals surface area contributed by atoms with Crippen molar-refractivity contribution in [2.24, 2.45) is 0 Å². The van der Waals surface area contributed by atoms with E-state index in [1.54, 1.807) is 0 Å². The van der Waals surface area contributed by atoms with Gasteiger partial charge in [-0.2, -0.15) is 0 Å². The average Bonchev–Trinajstić information content (AvgIpc) is 2.84. The van der Waals surface area contributed by atoms with Crippen LogP contribution >= 0.6 is 0 Å². The van der Waals surface area contributed by atoms with Gasteiger partial charge in [0.25, 0.3) is 0 Å². The van der Waals surface area contributed by atoms with Crippen molar-refractivity contribution in [2.45, 2.75) is 51.6 Å². The first kappa shape index (κ1) is 10.4. The summed E-state index contributed by atoms with van der Waals surface area (Å²) >= 11 is 0. The van der Waals surface area contributed by atoms with E-state index >= 15 is 0 Å². The lowest BCUT2D eigenvalue weighted by Crippen LogP contribution is -2.59. The second-order valence-electron chi connectivity index (χ2n) is 5.90. The van der Waals surface area contributed by atoms with Crippen LogP contribution < -0.4 is 0 Å². The van der Waals surface area contributed by atoms with E-state index in [2.05, 4.69) is 37.5 Å². The van der Waals surface area contributed by atoms with Crippen LogP contribution in [0.2, 0.25) is 0 Å². The Morgan fingerprint density at radius 3 is 2.21 bits per heavy atom. The number of hydrogen-bond donors (Lipinski definition) is 0. The molecular formula is C12H24N2. The van der Waals surface area contributed by atoms with Gasteiger partial charge in [0.1, 0.15) is 0 Å². The highest BCUT2D eigenvalue weighted by Crippen LogP contribution is 2.45. The lowest BCUT2D eigenvalue weighted by Gasteiger charge is -2.47. The molecule has 0 N–H and O–H groups in total. The van der Waals surface area contributed by atoms with Crippen molar-refractivity contribution in [1.29, 1.82) is 0 Å². The van der Waals surface area contributed by atoms with Gasteiger partial charge < -0.3 is 0 Å². The molecule has 0 amide bonds. The molecule has 0 radical (unpaired) electrons. The van der Waals surface area contributed by atoms with Crippen LogP contribution in [0.15, 0.2) is 0 Å². The largest absolute Gasteiger partial charge is 0.295 e. The SMILES string of the molecule is CCN1CCN(C(C)(C)C)CC12CC2. The molecule has 0 atom stereocenters. The Labute approximate surface area is 88.3 Å². The van der Waals surface area contributed by atoms with Crippen LogP contribution in [0.4, 0.5) is 0 Å². The van der Waals surface area contributed by atoms with Crippen LogP contribution in [-0.2, 0) is 0 Å². The molecule has 0 aromatic rings. The fourth-order valence-electron chi connectivity index (χ4n) is 2.70. The molecule has 2 rings (SSSR count). The van der Waals surface area contributed by atoms with Gasteiger partial charge in [-0.15, -0.1) is 0 Å². The van der Waals surface area contributed by atoms with Crippen molar-refractivity contribution in [2.75, 3.05) is 26.2 Å². The van der Waals surface area contributed by atoms with E-state index in [4.69, 9.17) is 0 Å². The normalized spacial score (nSPS) is 28.3. The minimum absolute atomic E-state index is 0.357.